The lowest BCUT2D eigenvalue weighted by Crippen LogP contribution is -2.54. The summed E-state index contributed by atoms with van der Waals surface area (Å²) in [7, 11) is 0. The second-order valence-corrected chi connectivity index (χ2v) is 8.63. The molecule has 0 radical (unpaired) electrons. The van der Waals surface area contributed by atoms with Crippen LogP contribution < -0.4 is 11.3 Å². The number of rotatable bonds is 11. The van der Waals surface area contributed by atoms with Gasteiger partial charge in [0, 0.05) is 48.5 Å². The van der Waals surface area contributed by atoms with E-state index in [4.69, 9.17) is 121 Å². The van der Waals surface area contributed by atoms with Crippen molar-refractivity contribution >= 4 is 47.6 Å². The molecule has 0 aliphatic rings. The fourth-order valence-corrected chi connectivity index (χ4v) is 1.44. The number of hydrogen-bond donors (Lipinski definition) is 19. The van der Waals surface area contributed by atoms with Crippen LogP contribution in [0.3, 0.4) is 0 Å². The molecule has 320 valence electrons. The van der Waals surface area contributed by atoms with E-state index in [1.807, 2.05) is 0 Å². The number of aliphatic carboxylic acids is 7. The van der Waals surface area contributed by atoms with Gasteiger partial charge >= 0.3 is 0 Å². The number of nitrogens with one attached hydrogen (secondary N) is 1. The zero-order chi connectivity index (χ0) is 45.2. The molecule has 0 spiro atoms. The standard InChI is InChI=1S/C6H16N2O5.C6H12O6.7C2H4O2/c7-8-3(1-9)5(12)6(13)4(11)2-10;7-1-3(9)5(11)6(12)4(10)2-8;7*1-2(3)4/h3-6,8-13H,1-2,7H2;3,5-9,11-12H,1-2H2;7*1H3,(H,3,4)/t3-,4-,5+,6-;3-,5-,6+;;;;;;;/m11......./s1. The number of carbonyl (C=O) groups is 8. The van der Waals surface area contributed by atoms with E-state index < -0.39 is 117 Å². The molecule has 20 N–H and O–H groups in total. The van der Waals surface area contributed by atoms with Crippen LogP contribution in [0.1, 0.15) is 48.5 Å². The Bertz CT molecular complexity index is 800. The molecule has 0 heterocycles. The third-order valence-electron chi connectivity index (χ3n) is 3.14. The van der Waals surface area contributed by atoms with Crippen LogP contribution in [0.5, 0.6) is 0 Å². The molecule has 0 aliphatic heterocycles. The first-order chi connectivity index (χ1) is 23.7. The van der Waals surface area contributed by atoms with Crippen molar-refractivity contribution in [2.24, 2.45) is 5.84 Å². The Kier molecular flexibility index (Phi) is 65.6. The van der Waals surface area contributed by atoms with Gasteiger partial charge in [0.05, 0.1) is 25.9 Å². The van der Waals surface area contributed by atoms with E-state index in [1.165, 1.54) is 0 Å². The smallest absolute Gasteiger partial charge is 0.300 e. The van der Waals surface area contributed by atoms with Crippen LogP contribution in [0.15, 0.2) is 0 Å². The molecule has 0 aliphatic carbocycles. The minimum atomic E-state index is -1.86. The van der Waals surface area contributed by atoms with Gasteiger partial charge in [-0.3, -0.25) is 49.6 Å². The van der Waals surface area contributed by atoms with Crippen LogP contribution in [0, 0.1) is 0 Å². The molecular formula is C26H56N2O25. The number of nitrogens with two attached hydrogens (primary N) is 1. The second kappa shape index (κ2) is 49.6. The number of Topliss-reactive ketones (excluding diaryl/α,β-unsaturated/α-hetero) is 1. The second-order valence-electron chi connectivity index (χ2n) is 8.63. The molecule has 0 bridgehead atoms. The summed E-state index contributed by atoms with van der Waals surface area (Å²) < 4.78 is 0. The Morgan fingerprint density at radius 1 is 0.434 bits per heavy atom. The third kappa shape index (κ3) is 113. The van der Waals surface area contributed by atoms with Gasteiger partial charge in [0.15, 0.2) is 5.78 Å². The normalized spacial score (nSPS) is 12.6. The number of carbonyl (C=O) groups excluding carboxylic acids is 1. The molecule has 0 aromatic carbocycles. The van der Waals surface area contributed by atoms with Gasteiger partial charge < -0.3 is 86.8 Å². The zero-order valence-electron chi connectivity index (χ0n) is 29.8. The van der Waals surface area contributed by atoms with Crippen molar-refractivity contribution in [3.05, 3.63) is 0 Å². The fourth-order valence-electron chi connectivity index (χ4n) is 1.44. The van der Waals surface area contributed by atoms with Gasteiger partial charge in [-0.25, -0.2) is 0 Å². The summed E-state index contributed by atoms with van der Waals surface area (Å²) in [6.07, 6.45) is -9.69. The van der Waals surface area contributed by atoms with Gasteiger partial charge in [-0.1, -0.05) is 0 Å². The van der Waals surface area contributed by atoms with E-state index in [-0.39, 0.29) is 0 Å². The maximum Gasteiger partial charge on any atom is 0.300 e. The van der Waals surface area contributed by atoms with Crippen molar-refractivity contribution in [3.63, 3.8) is 0 Å². The lowest BCUT2D eigenvalue weighted by molar-refractivity contribution is -0.143. The Morgan fingerprint density at radius 2 is 0.642 bits per heavy atom. The number of ketones is 1. The molecule has 0 rings (SSSR count). The quantitative estimate of drug-likeness (QED) is 0.0682. The van der Waals surface area contributed by atoms with Crippen LogP contribution in [0.25, 0.3) is 0 Å². The minimum Gasteiger partial charge on any atom is -0.481 e. The summed E-state index contributed by atoms with van der Waals surface area (Å²) in [6.45, 7) is 4.72. The first-order valence-electron chi connectivity index (χ1n) is 13.6. The van der Waals surface area contributed by atoms with E-state index in [1.54, 1.807) is 0 Å². The first-order valence-corrected chi connectivity index (χ1v) is 13.6. The van der Waals surface area contributed by atoms with Crippen LogP contribution in [-0.2, 0) is 38.4 Å². The van der Waals surface area contributed by atoms with Gasteiger partial charge in [-0.05, 0) is 0 Å². The van der Waals surface area contributed by atoms with Crippen molar-refractivity contribution in [1.29, 1.82) is 0 Å². The molecule has 0 aromatic rings. The van der Waals surface area contributed by atoms with E-state index >= 15 is 0 Å². The monoisotopic (exact) mass is 796 g/mol. The average molecular weight is 797 g/mol. The summed E-state index contributed by atoms with van der Waals surface area (Å²) in [6, 6.07) is -0.948. The highest BCUT2D eigenvalue weighted by Crippen LogP contribution is 2.04. The molecule has 0 saturated carbocycles. The molecule has 0 aromatic heterocycles. The number of aliphatic hydroxyl groups excluding tert-OH is 10. The van der Waals surface area contributed by atoms with E-state index in [0.29, 0.717) is 0 Å². The van der Waals surface area contributed by atoms with Crippen molar-refractivity contribution in [2.45, 2.75) is 91.1 Å². The van der Waals surface area contributed by atoms with Crippen molar-refractivity contribution in [2.75, 3.05) is 26.4 Å². The summed E-state index contributed by atoms with van der Waals surface area (Å²) in [5, 5.41) is 139. The van der Waals surface area contributed by atoms with Crippen LogP contribution in [0.2, 0.25) is 0 Å². The Morgan fingerprint density at radius 3 is 0.792 bits per heavy atom. The predicted molar refractivity (Wildman–Crippen MR) is 174 cm³/mol. The summed E-state index contributed by atoms with van der Waals surface area (Å²) in [5.74, 6) is -1.90. The third-order valence-corrected chi connectivity index (χ3v) is 3.14. The fraction of sp³-hybridized carbons (Fsp3) is 0.692. The molecule has 0 amide bonds. The SMILES string of the molecule is CC(=O)O.CC(=O)O.CC(=O)O.CC(=O)O.CC(=O)O.CC(=O)O.CC(=O)O.NN[C@H](CO)[C@H](O)[C@H](O)[C@H](O)CO.O=C(CO)[C@H](O)[C@H](O)[C@H](O)CO. The maximum atomic E-state index is 10.5. The van der Waals surface area contributed by atoms with Crippen molar-refractivity contribution in [1.82, 2.24) is 5.43 Å². The highest BCUT2D eigenvalue weighted by atomic mass is 16.4. The Labute approximate surface area is 302 Å². The largest absolute Gasteiger partial charge is 0.481 e. The number of hydrazine groups is 1. The van der Waals surface area contributed by atoms with Crippen molar-refractivity contribution < 1.29 is 125 Å². The molecule has 27 heteroatoms. The number of hydrogen-bond acceptors (Lipinski definition) is 20. The lowest BCUT2D eigenvalue weighted by Gasteiger charge is -2.26. The highest BCUT2D eigenvalue weighted by molar-refractivity contribution is 5.84. The summed E-state index contributed by atoms with van der Waals surface area (Å²) in [4.78, 5) is 73.5. The highest BCUT2D eigenvalue weighted by Gasteiger charge is 2.30. The predicted octanol–water partition coefficient (Wildman–Crippen LogP) is -6.86. The Balaban J connectivity index is -0.0000000627. The Hall–Kier alpha value is -4.52. The van der Waals surface area contributed by atoms with Crippen molar-refractivity contribution in [3.8, 4) is 0 Å². The molecule has 0 unspecified atom stereocenters. The maximum absolute atomic E-state index is 10.5. The average Bonchev–Trinajstić information content (AvgIpc) is 2.97. The molecule has 27 nitrogen and oxygen atoms in total. The molecule has 53 heavy (non-hydrogen) atoms. The van der Waals surface area contributed by atoms with Crippen LogP contribution in [-0.4, -0.2) is 203 Å². The minimum absolute atomic E-state index is 0.493. The summed E-state index contributed by atoms with van der Waals surface area (Å²) in [5.41, 5.74) is 2.06. The van der Waals surface area contributed by atoms with Gasteiger partial charge in [-0.2, -0.15) is 0 Å². The van der Waals surface area contributed by atoms with E-state index in [9.17, 15) is 9.90 Å². The lowest BCUT2D eigenvalue weighted by atomic mass is 10.0. The number of carboxylic acids is 7. The number of aliphatic hydroxyl groups is 10. The number of carboxylic acid groups (broad SMARTS) is 7. The molecule has 0 saturated heterocycles. The van der Waals surface area contributed by atoms with Crippen LogP contribution >= 0.6 is 0 Å². The summed E-state index contributed by atoms with van der Waals surface area (Å²) >= 11 is 0. The van der Waals surface area contributed by atoms with Gasteiger partial charge in [-0.15, -0.1) is 0 Å². The van der Waals surface area contributed by atoms with Crippen LogP contribution in [0.4, 0.5) is 0 Å². The molecular weight excluding hydrogens is 740 g/mol. The first kappa shape index (κ1) is 70.1. The van der Waals surface area contributed by atoms with E-state index in [0.717, 1.165) is 48.5 Å². The molecule has 0 fully saturated rings. The van der Waals surface area contributed by atoms with Gasteiger partial charge in [0.2, 0.25) is 0 Å². The van der Waals surface area contributed by atoms with Gasteiger partial charge in [0.25, 0.3) is 41.8 Å². The zero-order valence-corrected chi connectivity index (χ0v) is 29.8. The molecule has 7 atom stereocenters. The topological polar surface area (TPSA) is 519 Å². The van der Waals surface area contributed by atoms with E-state index in [2.05, 4.69) is 5.43 Å². The van der Waals surface area contributed by atoms with Gasteiger partial charge in [0.1, 0.15) is 43.2 Å².